The minimum absolute atomic E-state index is 0.169. The van der Waals surface area contributed by atoms with E-state index in [1.54, 1.807) is 6.08 Å². The van der Waals surface area contributed by atoms with Crippen LogP contribution in [0.25, 0.3) is 0 Å². The number of hydrogen-bond acceptors (Lipinski definition) is 3. The Morgan fingerprint density at radius 3 is 3.00 bits per heavy atom. The predicted molar refractivity (Wildman–Crippen MR) is 34.3 cm³/mol. The van der Waals surface area contributed by atoms with Gasteiger partial charge in [0.1, 0.15) is 12.4 Å². The van der Waals surface area contributed by atoms with Gasteiger partial charge in [0.25, 0.3) is 0 Å². The summed E-state index contributed by atoms with van der Waals surface area (Å²) in [6.45, 7) is 0. The lowest BCUT2D eigenvalue weighted by molar-refractivity contribution is -0.139. The fourth-order valence-electron chi connectivity index (χ4n) is 0.801. The molecule has 0 saturated heterocycles. The number of hydrogen-bond donors (Lipinski definition) is 0. The number of carbonyl (C=O) groups is 2. The topological polar surface area (TPSA) is 43.4 Å². The van der Waals surface area contributed by atoms with Crippen LogP contribution in [0.15, 0.2) is 12.2 Å². The molecule has 1 aliphatic heterocycles. The Morgan fingerprint density at radius 1 is 1.70 bits per heavy atom. The first-order valence-electron chi connectivity index (χ1n) is 3.15. The van der Waals surface area contributed by atoms with Crippen LogP contribution in [0.1, 0.15) is 12.8 Å². The summed E-state index contributed by atoms with van der Waals surface area (Å²) in [5.41, 5.74) is 0. The van der Waals surface area contributed by atoms with Crippen LogP contribution in [0, 0.1) is 0 Å². The van der Waals surface area contributed by atoms with Crippen LogP contribution < -0.4 is 0 Å². The molecule has 0 bridgehead atoms. The van der Waals surface area contributed by atoms with E-state index in [9.17, 15) is 9.59 Å². The maximum atomic E-state index is 10.4. The molecular weight excluding hydrogens is 132 g/mol. The van der Waals surface area contributed by atoms with E-state index in [1.807, 2.05) is 0 Å². The molecular formula is C7H8O3. The zero-order chi connectivity index (χ0) is 7.40. The lowest BCUT2D eigenvalue weighted by atomic mass is 10.2. The first-order chi connectivity index (χ1) is 4.83. The molecule has 0 spiro atoms. The highest BCUT2D eigenvalue weighted by atomic mass is 16.5. The van der Waals surface area contributed by atoms with E-state index < -0.39 is 0 Å². The highest BCUT2D eigenvalue weighted by Gasteiger charge is 2.14. The average molecular weight is 140 g/mol. The molecule has 1 heterocycles. The normalized spacial score (nSPS) is 22.8. The van der Waals surface area contributed by atoms with E-state index in [4.69, 9.17) is 4.74 Å². The largest absolute Gasteiger partial charge is 0.455 e. The van der Waals surface area contributed by atoms with E-state index in [0.29, 0.717) is 12.8 Å². The third-order valence-electron chi connectivity index (χ3n) is 1.28. The fourth-order valence-corrected chi connectivity index (χ4v) is 0.801. The van der Waals surface area contributed by atoms with Gasteiger partial charge in [-0.3, -0.25) is 0 Å². The van der Waals surface area contributed by atoms with Crippen LogP contribution >= 0.6 is 0 Å². The highest BCUT2D eigenvalue weighted by molar-refractivity contribution is 5.84. The molecule has 0 aliphatic carbocycles. The van der Waals surface area contributed by atoms with Gasteiger partial charge in [0.15, 0.2) is 0 Å². The first-order valence-corrected chi connectivity index (χ1v) is 3.15. The van der Waals surface area contributed by atoms with Crippen molar-refractivity contribution in [1.82, 2.24) is 0 Å². The Morgan fingerprint density at radius 2 is 2.50 bits per heavy atom. The van der Waals surface area contributed by atoms with Crippen LogP contribution in [-0.4, -0.2) is 18.4 Å². The Labute approximate surface area is 58.7 Å². The third-order valence-corrected chi connectivity index (χ3v) is 1.28. The molecule has 0 N–H and O–H groups in total. The summed E-state index contributed by atoms with van der Waals surface area (Å²) in [7, 11) is 0. The molecule has 0 aromatic rings. The Bertz CT molecular complexity index is 172. The van der Waals surface area contributed by atoms with Crippen LogP contribution in [0.3, 0.4) is 0 Å². The Balaban J connectivity index is 2.26. The number of rotatable bonds is 3. The highest BCUT2D eigenvalue weighted by Crippen LogP contribution is 2.09. The standard InChI is InChI=1S/C7H8O3/c8-5-1-2-6-3-4-7(9)10-6/h3-6H,1-2H2. The summed E-state index contributed by atoms with van der Waals surface area (Å²) >= 11 is 0. The minimum atomic E-state index is -0.309. The molecule has 0 fully saturated rings. The lowest BCUT2D eigenvalue weighted by Crippen LogP contribution is -2.07. The van der Waals surface area contributed by atoms with Gasteiger partial charge in [-0.2, -0.15) is 0 Å². The molecule has 1 atom stereocenters. The quantitative estimate of drug-likeness (QED) is 0.422. The monoisotopic (exact) mass is 140 g/mol. The van der Waals surface area contributed by atoms with Gasteiger partial charge >= 0.3 is 5.97 Å². The summed E-state index contributed by atoms with van der Waals surface area (Å²) in [4.78, 5) is 20.3. The van der Waals surface area contributed by atoms with Gasteiger partial charge in [-0.25, -0.2) is 4.79 Å². The lowest BCUT2D eigenvalue weighted by Gasteiger charge is -2.03. The van der Waals surface area contributed by atoms with Crippen molar-refractivity contribution < 1.29 is 14.3 Å². The number of carbonyl (C=O) groups excluding carboxylic acids is 2. The number of ether oxygens (including phenoxy) is 1. The van der Waals surface area contributed by atoms with Crippen molar-refractivity contribution >= 4 is 12.3 Å². The van der Waals surface area contributed by atoms with Gasteiger partial charge in [-0.1, -0.05) is 0 Å². The second-order valence-electron chi connectivity index (χ2n) is 2.08. The summed E-state index contributed by atoms with van der Waals surface area (Å²) in [6.07, 6.45) is 4.76. The van der Waals surface area contributed by atoms with Gasteiger partial charge in [0, 0.05) is 12.5 Å². The number of aldehydes is 1. The molecule has 0 aromatic carbocycles. The van der Waals surface area contributed by atoms with Gasteiger partial charge < -0.3 is 9.53 Å². The second kappa shape index (κ2) is 3.15. The van der Waals surface area contributed by atoms with Crippen LogP contribution in [0.5, 0.6) is 0 Å². The van der Waals surface area contributed by atoms with E-state index in [0.717, 1.165) is 6.29 Å². The summed E-state index contributed by atoms with van der Waals surface area (Å²) in [6, 6.07) is 0. The zero-order valence-electron chi connectivity index (χ0n) is 5.45. The van der Waals surface area contributed by atoms with E-state index in [-0.39, 0.29) is 12.1 Å². The maximum absolute atomic E-state index is 10.4. The fraction of sp³-hybridized carbons (Fsp3) is 0.429. The zero-order valence-corrected chi connectivity index (χ0v) is 5.45. The van der Waals surface area contributed by atoms with Crippen molar-refractivity contribution in [3.63, 3.8) is 0 Å². The SMILES string of the molecule is O=CCCC1C=CC(=O)O1. The first kappa shape index (κ1) is 6.99. The van der Waals surface area contributed by atoms with E-state index in [2.05, 4.69) is 0 Å². The van der Waals surface area contributed by atoms with Crippen molar-refractivity contribution in [1.29, 1.82) is 0 Å². The number of cyclic esters (lactones) is 1. The van der Waals surface area contributed by atoms with E-state index in [1.165, 1.54) is 6.08 Å². The molecule has 0 amide bonds. The maximum Gasteiger partial charge on any atom is 0.331 e. The van der Waals surface area contributed by atoms with Crippen molar-refractivity contribution in [2.24, 2.45) is 0 Å². The van der Waals surface area contributed by atoms with Gasteiger partial charge in [0.05, 0.1) is 0 Å². The van der Waals surface area contributed by atoms with Gasteiger partial charge in [-0.05, 0) is 12.5 Å². The van der Waals surface area contributed by atoms with Crippen molar-refractivity contribution in [3.05, 3.63) is 12.2 Å². The predicted octanol–water partition coefficient (Wildman–Crippen LogP) is 0.447. The van der Waals surface area contributed by atoms with Crippen molar-refractivity contribution in [2.75, 3.05) is 0 Å². The molecule has 0 aromatic heterocycles. The second-order valence-corrected chi connectivity index (χ2v) is 2.08. The summed E-state index contributed by atoms with van der Waals surface area (Å²) < 4.78 is 4.75. The molecule has 1 rings (SSSR count). The minimum Gasteiger partial charge on any atom is -0.455 e. The van der Waals surface area contributed by atoms with Crippen LogP contribution in [-0.2, 0) is 14.3 Å². The Hall–Kier alpha value is -1.12. The van der Waals surface area contributed by atoms with Crippen molar-refractivity contribution in [2.45, 2.75) is 18.9 Å². The van der Waals surface area contributed by atoms with E-state index >= 15 is 0 Å². The molecule has 3 heteroatoms. The molecule has 1 unspecified atom stereocenters. The molecule has 1 aliphatic rings. The smallest absolute Gasteiger partial charge is 0.331 e. The van der Waals surface area contributed by atoms with Gasteiger partial charge in [0.2, 0.25) is 0 Å². The molecule has 54 valence electrons. The molecule has 0 saturated carbocycles. The summed E-state index contributed by atoms with van der Waals surface area (Å²) in [5.74, 6) is -0.309. The van der Waals surface area contributed by atoms with Crippen LogP contribution in [0.4, 0.5) is 0 Å². The Kier molecular flexibility index (Phi) is 2.20. The molecule has 0 radical (unpaired) electrons. The average Bonchev–Trinajstić information content (AvgIpc) is 2.31. The number of esters is 1. The summed E-state index contributed by atoms with van der Waals surface area (Å²) in [5, 5.41) is 0. The molecule has 3 nitrogen and oxygen atoms in total. The van der Waals surface area contributed by atoms with Crippen molar-refractivity contribution in [3.8, 4) is 0 Å². The van der Waals surface area contributed by atoms with Crippen LogP contribution in [0.2, 0.25) is 0 Å². The third kappa shape index (κ3) is 1.69. The van der Waals surface area contributed by atoms with Gasteiger partial charge in [-0.15, -0.1) is 0 Å². The molecule has 10 heavy (non-hydrogen) atoms.